The summed E-state index contributed by atoms with van der Waals surface area (Å²) in [6, 6.07) is 6.76. The van der Waals surface area contributed by atoms with Gasteiger partial charge in [-0.1, -0.05) is 30.4 Å². The van der Waals surface area contributed by atoms with Crippen LogP contribution in [0, 0.1) is 11.7 Å². The van der Waals surface area contributed by atoms with E-state index in [1.54, 1.807) is 12.1 Å². The molecule has 3 rings (SSSR count). The molecule has 1 aliphatic carbocycles. The molecule has 4 atom stereocenters. The lowest BCUT2D eigenvalue weighted by molar-refractivity contribution is -0.0246. The first kappa shape index (κ1) is 13.8. The van der Waals surface area contributed by atoms with Gasteiger partial charge in [0.25, 0.3) is 0 Å². The van der Waals surface area contributed by atoms with Crippen molar-refractivity contribution in [1.82, 2.24) is 0 Å². The summed E-state index contributed by atoms with van der Waals surface area (Å²) >= 11 is 0. The van der Waals surface area contributed by atoms with E-state index in [0.717, 1.165) is 12.8 Å². The normalized spacial score (nSPS) is 35.5. The molecule has 2 fully saturated rings. The van der Waals surface area contributed by atoms with Crippen LogP contribution >= 0.6 is 0 Å². The molecule has 1 saturated heterocycles. The lowest BCUT2D eigenvalue weighted by Crippen LogP contribution is -2.38. The Morgan fingerprint density at radius 3 is 2.90 bits per heavy atom. The van der Waals surface area contributed by atoms with Crippen molar-refractivity contribution in [3.05, 3.63) is 47.8 Å². The van der Waals surface area contributed by atoms with E-state index in [2.05, 4.69) is 20.4 Å². The molecule has 2 nitrogen and oxygen atoms in total. The number of epoxide rings is 1. The predicted molar refractivity (Wildman–Crippen MR) is 75.8 cm³/mol. The molecule has 0 amide bonds. The summed E-state index contributed by atoms with van der Waals surface area (Å²) in [5, 5.41) is 0. The van der Waals surface area contributed by atoms with Gasteiger partial charge in [0, 0.05) is 5.56 Å². The van der Waals surface area contributed by atoms with Crippen molar-refractivity contribution in [2.45, 2.75) is 51.1 Å². The fourth-order valence-corrected chi connectivity index (χ4v) is 3.13. The summed E-state index contributed by atoms with van der Waals surface area (Å²) in [5.74, 6) is 0.236. The predicted octanol–water partition coefficient (Wildman–Crippen LogP) is 3.85. The molecule has 2 aliphatic rings. The zero-order valence-electron chi connectivity index (χ0n) is 12.1. The molecule has 1 heterocycles. The number of fused-ring (bicyclic) bond motifs is 1. The van der Waals surface area contributed by atoms with E-state index in [9.17, 15) is 4.39 Å². The second-order valence-electron chi connectivity index (χ2n) is 6.20. The van der Waals surface area contributed by atoms with E-state index < -0.39 is 0 Å². The van der Waals surface area contributed by atoms with Gasteiger partial charge in [-0.05, 0) is 38.7 Å². The van der Waals surface area contributed by atoms with Gasteiger partial charge in [0.05, 0.1) is 18.8 Å². The van der Waals surface area contributed by atoms with E-state index in [1.165, 1.54) is 11.6 Å². The monoisotopic (exact) mass is 276 g/mol. The standard InChI is InChI=1S/C17H21FO2/c1-11(2)13-8-15(17(3)16(9-13)20-17)19-10-12-6-4-5-7-14(12)18/h4-7,13,15-16H,1,8-10H2,2-3H3. The Kier molecular flexibility index (Phi) is 3.43. The van der Waals surface area contributed by atoms with Gasteiger partial charge in [0.1, 0.15) is 11.4 Å². The summed E-state index contributed by atoms with van der Waals surface area (Å²) in [7, 11) is 0. The first-order valence-electron chi connectivity index (χ1n) is 7.19. The van der Waals surface area contributed by atoms with Crippen molar-refractivity contribution < 1.29 is 13.9 Å². The summed E-state index contributed by atoms with van der Waals surface area (Å²) in [5.41, 5.74) is 1.60. The first-order valence-corrected chi connectivity index (χ1v) is 7.19. The molecule has 0 N–H and O–H groups in total. The minimum Gasteiger partial charge on any atom is -0.370 e. The van der Waals surface area contributed by atoms with Gasteiger partial charge in [0.2, 0.25) is 0 Å². The Morgan fingerprint density at radius 2 is 2.20 bits per heavy atom. The van der Waals surface area contributed by atoms with Crippen LogP contribution in [0.25, 0.3) is 0 Å². The number of allylic oxidation sites excluding steroid dienone is 1. The molecule has 1 saturated carbocycles. The average molecular weight is 276 g/mol. The number of ether oxygens (including phenoxy) is 2. The molecule has 4 unspecified atom stereocenters. The highest BCUT2D eigenvalue weighted by molar-refractivity contribution is 5.18. The number of halogens is 1. The van der Waals surface area contributed by atoms with Gasteiger partial charge in [-0.3, -0.25) is 0 Å². The third kappa shape index (κ3) is 2.40. The van der Waals surface area contributed by atoms with Crippen LogP contribution in [0.2, 0.25) is 0 Å². The maximum absolute atomic E-state index is 13.6. The number of hydrogen-bond acceptors (Lipinski definition) is 2. The maximum Gasteiger partial charge on any atom is 0.128 e. The minimum absolute atomic E-state index is 0.0163. The van der Waals surface area contributed by atoms with E-state index in [4.69, 9.17) is 9.47 Å². The summed E-state index contributed by atoms with van der Waals surface area (Å²) in [4.78, 5) is 0. The van der Waals surface area contributed by atoms with Crippen LogP contribution in [0.1, 0.15) is 32.3 Å². The smallest absolute Gasteiger partial charge is 0.128 e. The van der Waals surface area contributed by atoms with Crippen molar-refractivity contribution in [1.29, 1.82) is 0 Å². The molecular weight excluding hydrogens is 255 g/mol. The second-order valence-corrected chi connectivity index (χ2v) is 6.20. The van der Waals surface area contributed by atoms with Gasteiger partial charge in [-0.15, -0.1) is 0 Å². The van der Waals surface area contributed by atoms with Gasteiger partial charge >= 0.3 is 0 Å². The molecule has 0 spiro atoms. The van der Waals surface area contributed by atoms with Crippen LogP contribution in [-0.4, -0.2) is 17.8 Å². The van der Waals surface area contributed by atoms with E-state index in [-0.39, 0.29) is 23.6 Å². The van der Waals surface area contributed by atoms with E-state index >= 15 is 0 Å². The van der Waals surface area contributed by atoms with Crippen LogP contribution in [0.5, 0.6) is 0 Å². The molecule has 1 aliphatic heterocycles. The second kappa shape index (κ2) is 4.97. The summed E-state index contributed by atoms with van der Waals surface area (Å²) < 4.78 is 25.4. The van der Waals surface area contributed by atoms with Crippen molar-refractivity contribution in [2.75, 3.05) is 0 Å². The van der Waals surface area contributed by atoms with E-state index in [0.29, 0.717) is 18.1 Å². The lowest BCUT2D eigenvalue weighted by atomic mass is 9.78. The molecule has 1 aromatic rings. The molecule has 0 radical (unpaired) electrons. The van der Waals surface area contributed by atoms with Crippen LogP contribution in [0.15, 0.2) is 36.4 Å². The minimum atomic E-state index is -0.210. The molecule has 3 heteroatoms. The Balaban J connectivity index is 1.67. The SMILES string of the molecule is C=C(C)C1CC(OCc2ccccc2F)C2(C)OC2C1. The highest BCUT2D eigenvalue weighted by Crippen LogP contribution is 2.52. The van der Waals surface area contributed by atoms with Gasteiger partial charge in [-0.25, -0.2) is 4.39 Å². The Hall–Kier alpha value is -1.19. The molecular formula is C17H21FO2. The molecule has 0 aromatic heterocycles. The molecule has 20 heavy (non-hydrogen) atoms. The lowest BCUT2D eigenvalue weighted by Gasteiger charge is -2.31. The zero-order chi connectivity index (χ0) is 14.3. The van der Waals surface area contributed by atoms with Gasteiger partial charge in [0.15, 0.2) is 0 Å². The fourth-order valence-electron chi connectivity index (χ4n) is 3.13. The molecule has 1 aromatic carbocycles. The van der Waals surface area contributed by atoms with Gasteiger partial charge in [-0.2, -0.15) is 0 Å². The summed E-state index contributed by atoms with van der Waals surface area (Å²) in [6.07, 6.45) is 2.23. The van der Waals surface area contributed by atoms with Crippen molar-refractivity contribution in [3.63, 3.8) is 0 Å². The fraction of sp³-hybridized carbons (Fsp3) is 0.529. The van der Waals surface area contributed by atoms with E-state index in [1.807, 2.05) is 6.07 Å². The Morgan fingerprint density at radius 1 is 1.45 bits per heavy atom. The third-order valence-electron chi connectivity index (χ3n) is 4.71. The number of benzene rings is 1. The topological polar surface area (TPSA) is 21.8 Å². The molecule has 0 bridgehead atoms. The first-order chi connectivity index (χ1) is 9.50. The Bertz CT molecular complexity index is 527. The van der Waals surface area contributed by atoms with Crippen LogP contribution < -0.4 is 0 Å². The largest absolute Gasteiger partial charge is 0.370 e. The van der Waals surface area contributed by atoms with Crippen LogP contribution in [-0.2, 0) is 16.1 Å². The Labute approximate surface area is 119 Å². The zero-order valence-corrected chi connectivity index (χ0v) is 12.1. The molecule has 108 valence electrons. The van der Waals surface area contributed by atoms with Crippen LogP contribution in [0.4, 0.5) is 4.39 Å². The van der Waals surface area contributed by atoms with Crippen molar-refractivity contribution in [2.24, 2.45) is 5.92 Å². The van der Waals surface area contributed by atoms with Crippen molar-refractivity contribution in [3.8, 4) is 0 Å². The summed E-state index contributed by atoms with van der Waals surface area (Å²) in [6.45, 7) is 8.50. The quantitative estimate of drug-likeness (QED) is 0.615. The average Bonchev–Trinajstić information content (AvgIpc) is 3.08. The number of rotatable bonds is 4. The van der Waals surface area contributed by atoms with Crippen molar-refractivity contribution >= 4 is 0 Å². The number of hydrogen-bond donors (Lipinski definition) is 0. The maximum atomic E-state index is 13.6. The third-order valence-corrected chi connectivity index (χ3v) is 4.71. The van der Waals surface area contributed by atoms with Gasteiger partial charge < -0.3 is 9.47 Å². The van der Waals surface area contributed by atoms with Crippen LogP contribution in [0.3, 0.4) is 0 Å². The highest BCUT2D eigenvalue weighted by atomic mass is 19.1. The highest BCUT2D eigenvalue weighted by Gasteiger charge is 2.61.